The maximum absolute atomic E-state index is 16.8. The Morgan fingerprint density at radius 2 is 2.07 bits per heavy atom. The van der Waals surface area contributed by atoms with Crippen LogP contribution in [0.3, 0.4) is 0 Å². The minimum atomic E-state index is -0.465. The molecule has 4 fully saturated rings. The average Bonchev–Trinajstić information content (AvgIpc) is 3.37. The van der Waals surface area contributed by atoms with Gasteiger partial charge in [-0.1, -0.05) is 35.3 Å². The highest BCUT2D eigenvalue weighted by atomic mass is 35.5. The highest BCUT2D eigenvalue weighted by Crippen LogP contribution is 2.50. The molecule has 8 rings (SSSR count). The van der Waals surface area contributed by atoms with Crippen molar-refractivity contribution >= 4 is 50.9 Å². The van der Waals surface area contributed by atoms with Crippen LogP contribution in [0.15, 0.2) is 30.3 Å². The standard InChI is InChI=1S/C33H32Cl2FN5O/c1-16-22-14-26(17(2)40(3)33(42)18-9-10-18)41(31-20-13-25(31)38-15-20)32(22)23-12-19(6-5-11-37)27(29(36)30(23)39-16)21-7-4-8-24(34)28(21)35/h4,7-8,12,14,17-18,20,25,31,38H,5-6,9-10,13,15H2,1-3H3/t17?,20-,25-,31+/m1/s1. The van der Waals surface area contributed by atoms with Gasteiger partial charge in [0.25, 0.3) is 0 Å². The second-order valence-electron chi connectivity index (χ2n) is 12.2. The summed E-state index contributed by atoms with van der Waals surface area (Å²) in [5.41, 5.74) is 4.50. The van der Waals surface area contributed by atoms with Crippen molar-refractivity contribution in [3.63, 3.8) is 0 Å². The predicted octanol–water partition coefficient (Wildman–Crippen LogP) is 7.53. The van der Waals surface area contributed by atoms with Crippen molar-refractivity contribution < 1.29 is 9.18 Å². The fourth-order valence-corrected chi connectivity index (χ4v) is 7.57. The normalized spacial score (nSPS) is 21.9. The van der Waals surface area contributed by atoms with Crippen molar-refractivity contribution in [1.29, 1.82) is 5.26 Å². The van der Waals surface area contributed by atoms with Gasteiger partial charge < -0.3 is 14.8 Å². The number of pyridine rings is 1. The lowest BCUT2D eigenvalue weighted by atomic mass is 9.79. The molecule has 216 valence electrons. The first-order valence-corrected chi connectivity index (χ1v) is 15.4. The van der Waals surface area contributed by atoms with Crippen molar-refractivity contribution in [3.05, 3.63) is 63.1 Å². The summed E-state index contributed by atoms with van der Waals surface area (Å²) >= 11 is 13.0. The number of nitrogens with zero attached hydrogens (tertiary/aromatic N) is 4. The number of fused-ring (bicyclic) bond motifs is 4. The number of halogens is 3. The number of amides is 1. The minimum Gasteiger partial charge on any atom is -0.337 e. The molecule has 1 unspecified atom stereocenters. The van der Waals surface area contributed by atoms with E-state index < -0.39 is 5.82 Å². The number of nitriles is 1. The Morgan fingerprint density at radius 3 is 2.74 bits per heavy atom. The molecule has 4 aromatic rings. The smallest absolute Gasteiger partial charge is 0.225 e. The van der Waals surface area contributed by atoms with Crippen LogP contribution in [-0.2, 0) is 11.2 Å². The fourth-order valence-electron chi connectivity index (χ4n) is 7.17. The second kappa shape index (κ2) is 10.2. The second-order valence-corrected chi connectivity index (χ2v) is 13.0. The minimum absolute atomic E-state index is 0.120. The Bertz CT molecular complexity index is 1810. The number of nitrogens with one attached hydrogen (secondary N) is 1. The first kappa shape index (κ1) is 27.6. The zero-order valence-corrected chi connectivity index (χ0v) is 25.4. The third-order valence-electron chi connectivity index (χ3n) is 9.72. The van der Waals surface area contributed by atoms with E-state index in [2.05, 4.69) is 28.9 Å². The van der Waals surface area contributed by atoms with Gasteiger partial charge in [0.05, 0.1) is 33.7 Å². The first-order valence-electron chi connectivity index (χ1n) is 14.7. The molecular formula is C33H32Cl2FN5O. The van der Waals surface area contributed by atoms with E-state index in [1.54, 1.807) is 18.2 Å². The zero-order valence-electron chi connectivity index (χ0n) is 23.8. The Balaban J connectivity index is 1.52. The molecule has 4 heterocycles. The van der Waals surface area contributed by atoms with E-state index >= 15 is 4.39 Å². The number of aryl methyl sites for hydroxylation is 2. The summed E-state index contributed by atoms with van der Waals surface area (Å²) in [7, 11) is 1.89. The summed E-state index contributed by atoms with van der Waals surface area (Å²) in [5.74, 6) is 0.306. The topological polar surface area (TPSA) is 74.0 Å². The van der Waals surface area contributed by atoms with Crippen molar-refractivity contribution in [1.82, 2.24) is 19.8 Å². The molecular weight excluding hydrogens is 572 g/mol. The van der Waals surface area contributed by atoms with Gasteiger partial charge in [-0.15, -0.1) is 0 Å². The maximum atomic E-state index is 16.8. The lowest BCUT2D eigenvalue weighted by molar-refractivity contribution is -0.133. The number of carbonyl (C=O) groups excluding carboxylic acids is 1. The molecule has 2 saturated carbocycles. The third kappa shape index (κ3) is 4.14. The van der Waals surface area contributed by atoms with Crippen LogP contribution < -0.4 is 5.32 Å². The number of hydrogen-bond acceptors (Lipinski definition) is 4. The van der Waals surface area contributed by atoms with Gasteiger partial charge in [-0.3, -0.25) is 4.79 Å². The Hall–Kier alpha value is -3.18. The van der Waals surface area contributed by atoms with Gasteiger partial charge in [0, 0.05) is 65.3 Å². The molecule has 42 heavy (non-hydrogen) atoms. The van der Waals surface area contributed by atoms with Gasteiger partial charge in [0.2, 0.25) is 5.91 Å². The summed E-state index contributed by atoms with van der Waals surface area (Å²) in [6.07, 6.45) is 3.60. The monoisotopic (exact) mass is 603 g/mol. The molecule has 2 bridgehead atoms. The van der Waals surface area contributed by atoms with Crippen LogP contribution in [0.25, 0.3) is 32.9 Å². The van der Waals surface area contributed by atoms with Crippen molar-refractivity contribution in [2.45, 2.75) is 64.1 Å². The van der Waals surface area contributed by atoms with E-state index in [1.165, 1.54) is 0 Å². The summed E-state index contributed by atoms with van der Waals surface area (Å²) in [6, 6.07) is 11.9. The van der Waals surface area contributed by atoms with Crippen molar-refractivity contribution in [3.8, 4) is 17.2 Å². The molecule has 0 spiro atoms. The Morgan fingerprint density at radius 1 is 1.29 bits per heavy atom. The highest BCUT2D eigenvalue weighted by molar-refractivity contribution is 6.43. The molecule has 0 radical (unpaired) electrons. The molecule has 4 atom stereocenters. The Kier molecular flexibility index (Phi) is 6.73. The third-order valence-corrected chi connectivity index (χ3v) is 10.5. The lowest BCUT2D eigenvalue weighted by Gasteiger charge is -2.39. The van der Waals surface area contributed by atoms with Gasteiger partial charge in [0.1, 0.15) is 5.52 Å². The maximum Gasteiger partial charge on any atom is 0.225 e. The molecule has 1 N–H and O–H groups in total. The molecule has 1 amide bonds. The van der Waals surface area contributed by atoms with Crippen LogP contribution in [0.4, 0.5) is 4.39 Å². The number of hydrogen-bond donors (Lipinski definition) is 1. The number of rotatable bonds is 7. The highest BCUT2D eigenvalue weighted by Gasteiger charge is 2.49. The zero-order chi connectivity index (χ0) is 29.4. The molecule has 2 aromatic heterocycles. The molecule has 6 nitrogen and oxygen atoms in total. The molecule has 4 aliphatic rings. The van der Waals surface area contributed by atoms with Gasteiger partial charge in [0.15, 0.2) is 5.82 Å². The van der Waals surface area contributed by atoms with E-state index in [-0.39, 0.29) is 40.9 Å². The van der Waals surface area contributed by atoms with Gasteiger partial charge in [-0.25, -0.2) is 9.37 Å². The van der Waals surface area contributed by atoms with Crippen LogP contribution in [0.5, 0.6) is 0 Å². The summed E-state index contributed by atoms with van der Waals surface area (Å²) < 4.78 is 19.2. The van der Waals surface area contributed by atoms with Gasteiger partial charge in [-0.2, -0.15) is 5.26 Å². The summed E-state index contributed by atoms with van der Waals surface area (Å²) in [4.78, 5) is 19.8. The van der Waals surface area contributed by atoms with E-state index in [0.717, 1.165) is 48.1 Å². The first-order chi connectivity index (χ1) is 20.2. The van der Waals surface area contributed by atoms with Crippen LogP contribution in [0.1, 0.15) is 61.6 Å². The SMILES string of the molecule is Cc1nc2c(F)c(-c3cccc(Cl)c3Cl)c(CCC#N)cc2c2c1cc(C(C)N(C)C(=O)C1CC1)n2[C@H]1[C@H]2CN[C@@H]1C2. The number of carbonyl (C=O) groups is 1. The van der Waals surface area contributed by atoms with E-state index in [9.17, 15) is 10.1 Å². The fraction of sp³-hybridized carbons (Fsp3) is 0.424. The van der Waals surface area contributed by atoms with Crippen LogP contribution in [-0.4, -0.2) is 40.0 Å². The van der Waals surface area contributed by atoms with E-state index in [0.29, 0.717) is 45.5 Å². The molecule has 9 heteroatoms. The van der Waals surface area contributed by atoms with Crippen LogP contribution in [0.2, 0.25) is 10.0 Å². The van der Waals surface area contributed by atoms with Gasteiger partial charge in [-0.05, 0) is 69.2 Å². The lowest BCUT2D eigenvalue weighted by Crippen LogP contribution is -2.41. The molecule has 2 aromatic carbocycles. The average molecular weight is 605 g/mol. The van der Waals surface area contributed by atoms with Gasteiger partial charge >= 0.3 is 0 Å². The number of aromatic nitrogens is 2. The van der Waals surface area contributed by atoms with Crippen LogP contribution in [0, 0.1) is 35.9 Å². The molecule has 2 saturated heterocycles. The largest absolute Gasteiger partial charge is 0.337 e. The predicted molar refractivity (Wildman–Crippen MR) is 164 cm³/mol. The van der Waals surface area contributed by atoms with Crippen molar-refractivity contribution in [2.24, 2.45) is 11.8 Å². The Labute approximate surface area is 254 Å². The summed E-state index contributed by atoms with van der Waals surface area (Å²) in [5, 5.41) is 15.4. The quantitative estimate of drug-likeness (QED) is 0.237. The summed E-state index contributed by atoms with van der Waals surface area (Å²) in [6.45, 7) is 4.95. The van der Waals surface area contributed by atoms with E-state index in [4.69, 9.17) is 28.2 Å². The molecule has 2 aliphatic heterocycles. The number of benzene rings is 2. The van der Waals surface area contributed by atoms with Crippen molar-refractivity contribution in [2.75, 3.05) is 13.6 Å². The molecule has 2 aliphatic carbocycles. The van der Waals surface area contributed by atoms with E-state index in [1.807, 2.05) is 24.9 Å². The van der Waals surface area contributed by atoms with Crippen LogP contribution >= 0.6 is 23.2 Å².